The Hall–Kier alpha value is -2.06. The molecular weight excluding hydrogens is 272 g/mol. The number of hydrogen-bond donors (Lipinski definition) is 0. The van der Waals surface area contributed by atoms with E-state index < -0.39 is 0 Å². The number of carbonyl (C=O) groups is 1. The van der Waals surface area contributed by atoms with E-state index in [0.29, 0.717) is 23.0 Å². The van der Waals surface area contributed by atoms with Gasteiger partial charge < -0.3 is 4.74 Å². The van der Waals surface area contributed by atoms with E-state index in [0.717, 1.165) is 12.0 Å². The molecule has 0 aliphatic carbocycles. The first-order valence-corrected chi connectivity index (χ1v) is 6.84. The van der Waals surface area contributed by atoms with E-state index in [4.69, 9.17) is 16.3 Å². The molecule has 2 aromatic carbocycles. The molecular formula is C17H13ClO2. The zero-order valence-corrected chi connectivity index (χ0v) is 11.6. The van der Waals surface area contributed by atoms with Crippen LogP contribution in [0.5, 0.6) is 0 Å². The molecule has 0 N–H and O–H groups in total. The summed E-state index contributed by atoms with van der Waals surface area (Å²) in [5.74, 6) is 0.570. The number of hydrogen-bond acceptors (Lipinski definition) is 2. The van der Waals surface area contributed by atoms with Crippen LogP contribution in [0.25, 0.3) is 5.76 Å². The zero-order valence-electron chi connectivity index (χ0n) is 10.8. The summed E-state index contributed by atoms with van der Waals surface area (Å²) in [6.07, 6.45) is 2.43. The molecule has 0 saturated carbocycles. The molecule has 3 heteroatoms. The Bertz CT molecular complexity index is 672. The van der Waals surface area contributed by atoms with Gasteiger partial charge in [-0.25, -0.2) is 0 Å². The van der Waals surface area contributed by atoms with Crippen LogP contribution in [0.15, 0.2) is 54.6 Å². The summed E-state index contributed by atoms with van der Waals surface area (Å²) < 4.78 is 5.63. The van der Waals surface area contributed by atoms with Crippen LogP contribution in [-0.4, -0.2) is 12.4 Å². The Labute approximate surface area is 122 Å². The third-order valence-corrected chi connectivity index (χ3v) is 3.55. The number of allylic oxidation sites excluding steroid dienone is 1. The molecule has 100 valence electrons. The zero-order chi connectivity index (χ0) is 13.9. The second-order valence-corrected chi connectivity index (χ2v) is 5.07. The van der Waals surface area contributed by atoms with Crippen LogP contribution in [0, 0.1) is 0 Å². The molecule has 0 saturated heterocycles. The summed E-state index contributed by atoms with van der Waals surface area (Å²) in [5, 5.41) is 0.619. The van der Waals surface area contributed by atoms with Crippen molar-refractivity contribution in [3.05, 3.63) is 76.3 Å². The first-order chi connectivity index (χ1) is 9.74. The molecule has 0 amide bonds. The average Bonchev–Trinajstić information content (AvgIpc) is 2.48. The normalized spacial score (nSPS) is 15.6. The summed E-state index contributed by atoms with van der Waals surface area (Å²) in [5.41, 5.74) is 2.82. The van der Waals surface area contributed by atoms with Crippen LogP contribution in [-0.2, 0) is 11.2 Å². The molecule has 0 fully saturated rings. The van der Waals surface area contributed by atoms with Crippen LogP contribution < -0.4 is 0 Å². The average molecular weight is 285 g/mol. The highest BCUT2D eigenvalue weighted by molar-refractivity contribution is 6.30. The highest BCUT2D eigenvalue weighted by atomic mass is 35.5. The highest BCUT2D eigenvalue weighted by Gasteiger charge is 2.16. The molecule has 20 heavy (non-hydrogen) atoms. The van der Waals surface area contributed by atoms with Crippen LogP contribution in [0.2, 0.25) is 5.02 Å². The summed E-state index contributed by atoms with van der Waals surface area (Å²) in [7, 11) is 0. The van der Waals surface area contributed by atoms with Crippen molar-refractivity contribution in [2.45, 2.75) is 6.42 Å². The molecule has 0 unspecified atom stereocenters. The van der Waals surface area contributed by atoms with E-state index in [1.54, 1.807) is 30.3 Å². The van der Waals surface area contributed by atoms with Crippen LogP contribution in [0.1, 0.15) is 21.5 Å². The van der Waals surface area contributed by atoms with Crippen molar-refractivity contribution in [3.8, 4) is 0 Å². The third-order valence-electron chi connectivity index (χ3n) is 3.30. The van der Waals surface area contributed by atoms with Gasteiger partial charge in [0.2, 0.25) is 0 Å². The minimum Gasteiger partial charge on any atom is -0.492 e. The Balaban J connectivity index is 1.93. The number of ether oxygens (including phenoxy) is 1. The predicted octanol–water partition coefficient (Wildman–Crippen LogP) is 4.14. The Kier molecular flexibility index (Phi) is 3.57. The van der Waals surface area contributed by atoms with Crippen LogP contribution >= 0.6 is 11.6 Å². The maximum Gasteiger partial charge on any atom is 0.189 e. The van der Waals surface area contributed by atoms with Gasteiger partial charge in [-0.15, -0.1) is 0 Å². The quantitative estimate of drug-likeness (QED) is 0.612. The summed E-state index contributed by atoms with van der Waals surface area (Å²) >= 11 is 5.82. The van der Waals surface area contributed by atoms with Crippen molar-refractivity contribution in [3.63, 3.8) is 0 Å². The fourth-order valence-electron chi connectivity index (χ4n) is 2.26. The van der Waals surface area contributed by atoms with Gasteiger partial charge in [0.1, 0.15) is 5.76 Å². The van der Waals surface area contributed by atoms with Gasteiger partial charge in [-0.3, -0.25) is 4.79 Å². The number of fused-ring (bicyclic) bond motifs is 1. The summed E-state index contributed by atoms with van der Waals surface area (Å²) in [4.78, 5) is 12.2. The molecule has 1 heterocycles. The summed E-state index contributed by atoms with van der Waals surface area (Å²) in [6.45, 7) is 0.608. The van der Waals surface area contributed by atoms with Crippen molar-refractivity contribution in [2.24, 2.45) is 0 Å². The number of carbonyl (C=O) groups excluding carboxylic acids is 1. The summed E-state index contributed by atoms with van der Waals surface area (Å²) in [6, 6.07) is 14.9. The molecule has 1 aliphatic rings. The first kappa shape index (κ1) is 12.9. The Morgan fingerprint density at radius 3 is 2.65 bits per heavy atom. The third kappa shape index (κ3) is 2.61. The van der Waals surface area contributed by atoms with Gasteiger partial charge in [0.05, 0.1) is 6.61 Å². The molecule has 2 aromatic rings. The van der Waals surface area contributed by atoms with E-state index in [2.05, 4.69) is 6.07 Å². The fraction of sp³-hybridized carbons (Fsp3) is 0.118. The molecule has 0 spiro atoms. The minimum absolute atomic E-state index is 0.0756. The van der Waals surface area contributed by atoms with Crippen molar-refractivity contribution < 1.29 is 9.53 Å². The van der Waals surface area contributed by atoms with Gasteiger partial charge in [-0.1, -0.05) is 35.9 Å². The Morgan fingerprint density at radius 1 is 1.10 bits per heavy atom. The fourth-order valence-corrected chi connectivity index (χ4v) is 2.39. The van der Waals surface area contributed by atoms with E-state index in [-0.39, 0.29) is 5.78 Å². The first-order valence-electron chi connectivity index (χ1n) is 6.47. The standard InChI is InChI=1S/C17H13ClO2/c18-14-7-5-13(6-8-14)16(19)11-17-15-4-2-1-3-12(15)9-10-20-17/h1-8,11H,9-10H2/b17-11-. The topological polar surface area (TPSA) is 26.3 Å². The lowest BCUT2D eigenvalue weighted by molar-refractivity contribution is 0.104. The van der Waals surface area contributed by atoms with Crippen molar-refractivity contribution in [1.29, 1.82) is 0 Å². The minimum atomic E-state index is -0.0756. The number of benzene rings is 2. The predicted molar refractivity (Wildman–Crippen MR) is 79.9 cm³/mol. The number of ketones is 1. The van der Waals surface area contributed by atoms with E-state index in [1.165, 1.54) is 5.56 Å². The lowest BCUT2D eigenvalue weighted by Crippen LogP contribution is -2.10. The van der Waals surface area contributed by atoms with Crippen molar-refractivity contribution in [2.75, 3.05) is 6.61 Å². The smallest absolute Gasteiger partial charge is 0.189 e. The van der Waals surface area contributed by atoms with Crippen molar-refractivity contribution >= 4 is 23.1 Å². The van der Waals surface area contributed by atoms with Crippen molar-refractivity contribution in [1.82, 2.24) is 0 Å². The number of halogens is 1. The van der Waals surface area contributed by atoms with Crippen LogP contribution in [0.4, 0.5) is 0 Å². The molecule has 2 nitrogen and oxygen atoms in total. The van der Waals surface area contributed by atoms with Gasteiger partial charge in [-0.05, 0) is 29.8 Å². The lowest BCUT2D eigenvalue weighted by atomic mass is 9.99. The molecule has 0 bridgehead atoms. The van der Waals surface area contributed by atoms with Gasteiger partial charge in [0.25, 0.3) is 0 Å². The van der Waals surface area contributed by atoms with E-state index in [9.17, 15) is 4.79 Å². The molecule has 0 radical (unpaired) electrons. The maximum atomic E-state index is 12.2. The molecule has 0 atom stereocenters. The van der Waals surface area contributed by atoms with E-state index >= 15 is 0 Å². The SMILES string of the molecule is O=C(/C=C1\OCCc2ccccc21)c1ccc(Cl)cc1. The molecule has 0 aromatic heterocycles. The second kappa shape index (κ2) is 5.51. The highest BCUT2D eigenvalue weighted by Crippen LogP contribution is 2.26. The molecule has 3 rings (SSSR count). The van der Waals surface area contributed by atoms with Gasteiger partial charge in [0.15, 0.2) is 5.78 Å². The number of rotatable bonds is 2. The maximum absolute atomic E-state index is 12.2. The van der Waals surface area contributed by atoms with Gasteiger partial charge in [0, 0.05) is 28.6 Å². The van der Waals surface area contributed by atoms with Gasteiger partial charge >= 0.3 is 0 Å². The second-order valence-electron chi connectivity index (χ2n) is 4.64. The van der Waals surface area contributed by atoms with E-state index in [1.807, 2.05) is 18.2 Å². The monoisotopic (exact) mass is 284 g/mol. The molecule has 1 aliphatic heterocycles. The lowest BCUT2D eigenvalue weighted by Gasteiger charge is -2.19. The largest absolute Gasteiger partial charge is 0.492 e. The van der Waals surface area contributed by atoms with Gasteiger partial charge in [-0.2, -0.15) is 0 Å². The Morgan fingerprint density at radius 2 is 1.85 bits per heavy atom. The van der Waals surface area contributed by atoms with Crippen LogP contribution in [0.3, 0.4) is 0 Å².